The number of carbonyl (C=O) groups is 5. The van der Waals surface area contributed by atoms with Gasteiger partial charge in [-0.1, -0.05) is 72.8 Å². The van der Waals surface area contributed by atoms with E-state index in [0.717, 1.165) is 4.90 Å². The molecule has 254 valence electrons. The number of ether oxygens (including phenoxy) is 1. The van der Waals surface area contributed by atoms with Gasteiger partial charge in [-0.05, 0) is 68.5 Å². The Labute approximate surface area is 299 Å². The summed E-state index contributed by atoms with van der Waals surface area (Å²) in [5.74, 6) is -1.34. The van der Waals surface area contributed by atoms with Crippen LogP contribution in [0.1, 0.15) is 61.6 Å². The highest BCUT2D eigenvalue weighted by atomic mass is 32.2. The molecule has 5 aromatic carbocycles. The summed E-state index contributed by atoms with van der Waals surface area (Å²) >= 11 is 1.29. The Hall–Kier alpha value is -6.26. The fourth-order valence-electron chi connectivity index (χ4n) is 5.54. The number of para-hydroxylation sites is 1. The number of anilines is 2. The molecule has 1 aliphatic rings. The average Bonchev–Trinajstić information content (AvgIpc) is 3.15. The number of carbonyl (C=O) groups excluding carboxylic acids is 5. The molecule has 3 amide bonds. The zero-order valence-electron chi connectivity index (χ0n) is 27.8. The molecule has 0 heterocycles. The van der Waals surface area contributed by atoms with Crippen LogP contribution in [0.4, 0.5) is 11.4 Å². The SMILES string of the molecule is CCOc1ccccc1/C=C(\NC(=O)c1ccccc1)C(=O)Nc1ccc(SC(C)C(=O)Nc2cccc3c2C(=O)c2ccccc2C3=O)cc1. The molecule has 6 rings (SSSR count). The third-order valence-corrected chi connectivity index (χ3v) is 9.16. The van der Waals surface area contributed by atoms with E-state index >= 15 is 0 Å². The third-order valence-electron chi connectivity index (χ3n) is 8.05. The first kappa shape index (κ1) is 34.6. The highest BCUT2D eigenvalue weighted by Gasteiger charge is 2.32. The first-order valence-electron chi connectivity index (χ1n) is 16.2. The van der Waals surface area contributed by atoms with E-state index in [2.05, 4.69) is 16.0 Å². The minimum Gasteiger partial charge on any atom is -0.493 e. The third kappa shape index (κ3) is 7.82. The zero-order valence-corrected chi connectivity index (χ0v) is 28.6. The summed E-state index contributed by atoms with van der Waals surface area (Å²) in [6.07, 6.45) is 1.57. The quantitative estimate of drug-likeness (QED) is 0.0952. The smallest absolute Gasteiger partial charge is 0.272 e. The second-order valence-corrected chi connectivity index (χ2v) is 12.9. The largest absolute Gasteiger partial charge is 0.493 e. The van der Waals surface area contributed by atoms with Crippen molar-refractivity contribution in [1.29, 1.82) is 0 Å². The van der Waals surface area contributed by atoms with Gasteiger partial charge in [-0.3, -0.25) is 24.0 Å². The molecule has 0 aliphatic heterocycles. The number of fused-ring (bicyclic) bond motifs is 2. The average molecular weight is 696 g/mol. The maximum atomic E-state index is 13.6. The number of benzene rings is 5. The molecule has 1 unspecified atom stereocenters. The van der Waals surface area contributed by atoms with Crippen LogP contribution in [-0.2, 0) is 9.59 Å². The number of hydrogen-bond donors (Lipinski definition) is 3. The first-order chi connectivity index (χ1) is 24.7. The number of nitrogens with one attached hydrogen (secondary N) is 3. The van der Waals surface area contributed by atoms with Gasteiger partial charge in [-0.25, -0.2) is 0 Å². The molecular weight excluding hydrogens is 663 g/mol. The Morgan fingerprint density at radius 2 is 1.37 bits per heavy atom. The van der Waals surface area contributed by atoms with Gasteiger partial charge in [0.2, 0.25) is 5.91 Å². The summed E-state index contributed by atoms with van der Waals surface area (Å²) in [6.45, 7) is 4.03. The Morgan fingerprint density at radius 3 is 2.10 bits per heavy atom. The van der Waals surface area contributed by atoms with E-state index in [-0.39, 0.29) is 40.0 Å². The van der Waals surface area contributed by atoms with Gasteiger partial charge in [0.1, 0.15) is 11.4 Å². The van der Waals surface area contributed by atoms with E-state index in [4.69, 9.17) is 4.74 Å². The minimum absolute atomic E-state index is 0.0199. The molecule has 3 N–H and O–H groups in total. The highest BCUT2D eigenvalue weighted by Crippen LogP contribution is 2.33. The van der Waals surface area contributed by atoms with Crippen molar-refractivity contribution in [2.24, 2.45) is 0 Å². The molecule has 5 aromatic rings. The monoisotopic (exact) mass is 695 g/mol. The van der Waals surface area contributed by atoms with Crippen molar-refractivity contribution < 1.29 is 28.7 Å². The van der Waals surface area contributed by atoms with Crippen LogP contribution in [0.2, 0.25) is 0 Å². The Balaban J connectivity index is 1.14. The maximum absolute atomic E-state index is 13.6. The fourth-order valence-corrected chi connectivity index (χ4v) is 6.41. The fraction of sp³-hybridized carbons (Fsp3) is 0.0976. The lowest BCUT2D eigenvalue weighted by atomic mass is 9.83. The number of thioether (sulfide) groups is 1. The van der Waals surface area contributed by atoms with Crippen molar-refractivity contribution >= 4 is 58.5 Å². The standard InChI is InChI=1S/C41H33N3O6S/c1-3-50-35-19-10-7-14-27(35)24-34(44-40(48)26-12-5-4-6-13-26)41(49)42-28-20-22-29(23-21-28)51-25(2)39(47)43-33-18-11-17-32-36(33)38(46)31-16-9-8-15-30(31)37(32)45/h4-25H,3H2,1-2H3,(H,42,49)(H,43,47)(H,44,48)/b34-24-. The molecule has 9 nitrogen and oxygen atoms in total. The predicted molar refractivity (Wildman–Crippen MR) is 198 cm³/mol. The van der Waals surface area contributed by atoms with Crippen LogP contribution in [0.5, 0.6) is 5.75 Å². The van der Waals surface area contributed by atoms with Crippen LogP contribution in [0, 0.1) is 0 Å². The second kappa shape index (κ2) is 15.5. The van der Waals surface area contributed by atoms with Gasteiger partial charge in [0, 0.05) is 38.4 Å². The van der Waals surface area contributed by atoms with Crippen LogP contribution < -0.4 is 20.7 Å². The van der Waals surface area contributed by atoms with Crippen LogP contribution in [0.15, 0.2) is 132 Å². The minimum atomic E-state index is -0.573. The second-order valence-electron chi connectivity index (χ2n) is 11.5. The van der Waals surface area contributed by atoms with Gasteiger partial charge >= 0.3 is 0 Å². The summed E-state index contributed by atoms with van der Waals surface area (Å²) in [5, 5.41) is 7.84. The Bertz CT molecular complexity index is 2180. The normalized spacial score (nSPS) is 12.6. The predicted octanol–water partition coefficient (Wildman–Crippen LogP) is 7.39. The van der Waals surface area contributed by atoms with Gasteiger partial charge in [-0.2, -0.15) is 0 Å². The molecule has 1 aliphatic carbocycles. The first-order valence-corrected chi connectivity index (χ1v) is 17.1. The van der Waals surface area contributed by atoms with Crippen LogP contribution in [0.25, 0.3) is 6.08 Å². The van der Waals surface area contributed by atoms with Crippen molar-refractivity contribution in [2.45, 2.75) is 24.0 Å². The van der Waals surface area contributed by atoms with Gasteiger partial charge in [-0.15, -0.1) is 11.8 Å². The van der Waals surface area contributed by atoms with E-state index in [1.807, 2.05) is 19.1 Å². The summed E-state index contributed by atoms with van der Waals surface area (Å²) < 4.78 is 5.72. The molecule has 0 bridgehead atoms. The molecule has 0 spiro atoms. The number of rotatable bonds is 11. The van der Waals surface area contributed by atoms with Gasteiger partial charge in [0.15, 0.2) is 11.6 Å². The lowest BCUT2D eigenvalue weighted by Crippen LogP contribution is -2.30. The van der Waals surface area contributed by atoms with Crippen LogP contribution >= 0.6 is 11.8 Å². The lowest BCUT2D eigenvalue weighted by molar-refractivity contribution is -0.115. The summed E-state index contributed by atoms with van der Waals surface area (Å²) in [5.41, 5.74) is 2.88. The molecular formula is C41H33N3O6S. The summed E-state index contributed by atoms with van der Waals surface area (Å²) in [4.78, 5) is 67.1. The van der Waals surface area contributed by atoms with E-state index in [1.165, 1.54) is 11.8 Å². The van der Waals surface area contributed by atoms with Gasteiger partial charge in [0.25, 0.3) is 11.8 Å². The van der Waals surface area contributed by atoms with Gasteiger partial charge in [0.05, 0.1) is 23.1 Å². The number of amides is 3. The van der Waals surface area contributed by atoms with Crippen LogP contribution in [-0.4, -0.2) is 41.1 Å². The number of ketones is 2. The Kier molecular flexibility index (Phi) is 10.5. The van der Waals surface area contributed by atoms with Crippen molar-refractivity contribution in [3.05, 3.63) is 160 Å². The molecule has 10 heteroatoms. The molecule has 0 aromatic heterocycles. The molecule has 1 atom stereocenters. The van der Waals surface area contributed by atoms with Gasteiger partial charge < -0.3 is 20.7 Å². The molecule has 0 radical (unpaired) electrons. The molecule has 0 fully saturated rings. The maximum Gasteiger partial charge on any atom is 0.272 e. The van der Waals surface area contributed by atoms with E-state index in [9.17, 15) is 24.0 Å². The van der Waals surface area contributed by atoms with E-state index in [0.29, 0.717) is 40.3 Å². The zero-order chi connectivity index (χ0) is 35.9. The van der Waals surface area contributed by atoms with Crippen molar-refractivity contribution in [2.75, 3.05) is 17.2 Å². The van der Waals surface area contributed by atoms with E-state index < -0.39 is 17.1 Å². The van der Waals surface area contributed by atoms with Crippen molar-refractivity contribution in [3.8, 4) is 5.75 Å². The van der Waals surface area contributed by atoms with Crippen LogP contribution in [0.3, 0.4) is 0 Å². The number of hydrogen-bond acceptors (Lipinski definition) is 7. The van der Waals surface area contributed by atoms with E-state index in [1.54, 1.807) is 122 Å². The molecule has 51 heavy (non-hydrogen) atoms. The van der Waals surface area contributed by atoms with Crippen molar-refractivity contribution in [1.82, 2.24) is 5.32 Å². The molecule has 0 saturated carbocycles. The summed E-state index contributed by atoms with van der Waals surface area (Å²) in [6, 6.07) is 34.2. The topological polar surface area (TPSA) is 131 Å². The Morgan fingerprint density at radius 1 is 0.725 bits per heavy atom. The van der Waals surface area contributed by atoms with Crippen molar-refractivity contribution in [3.63, 3.8) is 0 Å². The lowest BCUT2D eigenvalue weighted by Gasteiger charge is -2.21. The summed E-state index contributed by atoms with van der Waals surface area (Å²) in [7, 11) is 0. The molecule has 0 saturated heterocycles. The highest BCUT2D eigenvalue weighted by molar-refractivity contribution is 8.00.